The van der Waals surface area contributed by atoms with Crippen molar-refractivity contribution in [2.24, 2.45) is 5.92 Å². The van der Waals surface area contributed by atoms with Crippen molar-refractivity contribution < 1.29 is 4.79 Å². The Morgan fingerprint density at radius 1 is 1.42 bits per heavy atom. The third-order valence-electron chi connectivity index (χ3n) is 2.51. The largest absolute Gasteiger partial charge is 0.280 e. The van der Waals surface area contributed by atoms with Gasteiger partial charge < -0.3 is 0 Å². The van der Waals surface area contributed by atoms with E-state index >= 15 is 0 Å². The molecule has 1 nitrogen and oxygen atoms in total. The standard InChI is InChI=1S/C9H14ClIO/c10-9(12)8(11)6-7-4-2-1-3-5-7/h7-8H,1-6H2/t8-/m1/s1. The van der Waals surface area contributed by atoms with Crippen molar-refractivity contribution >= 4 is 39.4 Å². The molecule has 3 heteroatoms. The number of alkyl halides is 1. The summed E-state index contributed by atoms with van der Waals surface area (Å²) < 4.78 is 0.0346. The van der Waals surface area contributed by atoms with E-state index in [2.05, 4.69) is 22.6 Å². The smallest absolute Gasteiger partial charge is 0.234 e. The first-order chi connectivity index (χ1) is 5.70. The molecule has 0 aliphatic heterocycles. The summed E-state index contributed by atoms with van der Waals surface area (Å²) in [5, 5.41) is -0.179. The maximum absolute atomic E-state index is 10.8. The summed E-state index contributed by atoms with van der Waals surface area (Å²) in [5.74, 6) is 0.753. The van der Waals surface area contributed by atoms with E-state index < -0.39 is 0 Å². The van der Waals surface area contributed by atoms with Gasteiger partial charge >= 0.3 is 0 Å². The third-order valence-corrected chi connectivity index (χ3v) is 4.22. The number of carbonyl (C=O) groups is 1. The van der Waals surface area contributed by atoms with Crippen LogP contribution in [0.2, 0.25) is 0 Å². The predicted octanol–water partition coefficient (Wildman–Crippen LogP) is 3.53. The van der Waals surface area contributed by atoms with E-state index in [1.54, 1.807) is 0 Å². The van der Waals surface area contributed by atoms with Crippen molar-refractivity contribution in [3.8, 4) is 0 Å². The Morgan fingerprint density at radius 3 is 2.50 bits per heavy atom. The minimum atomic E-state index is -0.179. The van der Waals surface area contributed by atoms with Crippen LogP contribution in [-0.4, -0.2) is 9.17 Å². The summed E-state index contributed by atoms with van der Waals surface area (Å²) in [6.07, 6.45) is 7.63. The topological polar surface area (TPSA) is 17.1 Å². The average molecular weight is 301 g/mol. The zero-order chi connectivity index (χ0) is 8.97. The summed E-state index contributed by atoms with van der Waals surface area (Å²) in [6, 6.07) is 0. The molecule has 0 heterocycles. The molecule has 1 aliphatic rings. The third kappa shape index (κ3) is 3.60. The van der Waals surface area contributed by atoms with Gasteiger partial charge in [0.25, 0.3) is 0 Å². The second-order valence-electron chi connectivity index (χ2n) is 3.51. The number of hydrogen-bond acceptors (Lipinski definition) is 1. The predicted molar refractivity (Wildman–Crippen MR) is 59.9 cm³/mol. The van der Waals surface area contributed by atoms with Crippen molar-refractivity contribution in [2.75, 3.05) is 0 Å². The molecule has 0 amide bonds. The molecule has 70 valence electrons. The molecule has 1 fully saturated rings. The van der Waals surface area contributed by atoms with Crippen LogP contribution >= 0.6 is 34.2 Å². The highest BCUT2D eigenvalue weighted by Gasteiger charge is 2.20. The second-order valence-corrected chi connectivity index (χ2v) is 5.39. The molecular weight excluding hydrogens is 286 g/mol. The molecule has 0 unspecified atom stereocenters. The molecular formula is C9H14ClIO. The van der Waals surface area contributed by atoms with E-state index in [1.807, 2.05) is 0 Å². The Kier molecular flexibility index (Phi) is 4.87. The van der Waals surface area contributed by atoms with Crippen LogP contribution in [0.4, 0.5) is 0 Å². The maximum atomic E-state index is 10.8. The normalized spacial score (nSPS) is 22.2. The van der Waals surface area contributed by atoms with E-state index in [0.717, 1.165) is 12.3 Å². The number of hydrogen-bond donors (Lipinski definition) is 0. The van der Waals surface area contributed by atoms with Crippen molar-refractivity contribution in [3.63, 3.8) is 0 Å². The highest BCUT2D eigenvalue weighted by Crippen LogP contribution is 2.29. The lowest BCUT2D eigenvalue weighted by atomic mass is 9.86. The zero-order valence-corrected chi connectivity index (χ0v) is 9.97. The van der Waals surface area contributed by atoms with Gasteiger partial charge in [-0.05, 0) is 23.9 Å². The van der Waals surface area contributed by atoms with Gasteiger partial charge in [0.05, 0.1) is 3.92 Å². The Labute approximate surface area is 92.4 Å². The Bertz CT molecular complexity index is 155. The zero-order valence-electron chi connectivity index (χ0n) is 7.06. The summed E-state index contributed by atoms with van der Waals surface area (Å²) in [5.41, 5.74) is 0. The molecule has 1 rings (SSSR count). The van der Waals surface area contributed by atoms with Crippen molar-refractivity contribution in [1.29, 1.82) is 0 Å². The monoisotopic (exact) mass is 300 g/mol. The molecule has 1 saturated carbocycles. The van der Waals surface area contributed by atoms with E-state index in [1.165, 1.54) is 32.1 Å². The van der Waals surface area contributed by atoms with E-state index in [-0.39, 0.29) is 9.17 Å². The van der Waals surface area contributed by atoms with E-state index in [9.17, 15) is 4.79 Å². The van der Waals surface area contributed by atoms with Gasteiger partial charge in [-0.1, -0.05) is 54.7 Å². The van der Waals surface area contributed by atoms with Crippen LogP contribution in [0.15, 0.2) is 0 Å². The lowest BCUT2D eigenvalue weighted by molar-refractivity contribution is -0.111. The molecule has 0 aromatic rings. The van der Waals surface area contributed by atoms with E-state index in [4.69, 9.17) is 11.6 Å². The van der Waals surface area contributed by atoms with Crippen LogP contribution in [0.3, 0.4) is 0 Å². The Balaban J connectivity index is 2.24. The molecule has 1 aliphatic carbocycles. The van der Waals surface area contributed by atoms with Crippen LogP contribution in [0.5, 0.6) is 0 Å². The molecule has 0 spiro atoms. The van der Waals surface area contributed by atoms with Crippen LogP contribution in [0, 0.1) is 5.92 Å². The Hall–Kier alpha value is 0.690. The Morgan fingerprint density at radius 2 is 2.00 bits per heavy atom. The highest BCUT2D eigenvalue weighted by molar-refractivity contribution is 14.1. The average Bonchev–Trinajstić information content (AvgIpc) is 2.06. The first kappa shape index (κ1) is 10.8. The lowest BCUT2D eigenvalue weighted by Gasteiger charge is -2.22. The minimum Gasteiger partial charge on any atom is -0.280 e. The first-order valence-electron chi connectivity index (χ1n) is 4.53. The van der Waals surface area contributed by atoms with Gasteiger partial charge in [-0.2, -0.15) is 0 Å². The summed E-state index contributed by atoms with van der Waals surface area (Å²) in [6.45, 7) is 0. The summed E-state index contributed by atoms with van der Waals surface area (Å²) in [7, 11) is 0. The quantitative estimate of drug-likeness (QED) is 0.443. The molecule has 0 bridgehead atoms. The molecule has 1 atom stereocenters. The molecule has 12 heavy (non-hydrogen) atoms. The van der Waals surface area contributed by atoms with Gasteiger partial charge in [-0.3, -0.25) is 4.79 Å². The van der Waals surface area contributed by atoms with Gasteiger partial charge in [0, 0.05) is 0 Å². The highest BCUT2D eigenvalue weighted by atomic mass is 127. The number of rotatable bonds is 3. The van der Waals surface area contributed by atoms with Gasteiger partial charge in [-0.15, -0.1) is 0 Å². The number of halogens is 2. The molecule has 0 aromatic carbocycles. The summed E-state index contributed by atoms with van der Waals surface area (Å²) >= 11 is 7.55. The maximum Gasteiger partial charge on any atom is 0.234 e. The summed E-state index contributed by atoms with van der Waals surface area (Å²) in [4.78, 5) is 10.8. The second kappa shape index (κ2) is 5.43. The van der Waals surface area contributed by atoms with Crippen LogP contribution in [0.25, 0.3) is 0 Å². The fourth-order valence-electron chi connectivity index (χ4n) is 1.81. The van der Waals surface area contributed by atoms with Crippen molar-refractivity contribution in [2.45, 2.75) is 42.4 Å². The molecule has 0 aromatic heterocycles. The van der Waals surface area contributed by atoms with Crippen molar-refractivity contribution in [1.82, 2.24) is 0 Å². The van der Waals surface area contributed by atoms with Gasteiger partial charge in [0.15, 0.2) is 0 Å². The SMILES string of the molecule is O=C(Cl)[C@H](I)CC1CCCCC1. The van der Waals surface area contributed by atoms with Crippen molar-refractivity contribution in [3.05, 3.63) is 0 Å². The molecule has 0 radical (unpaired) electrons. The molecule has 0 saturated heterocycles. The lowest BCUT2D eigenvalue weighted by Crippen LogP contribution is -2.15. The fourth-order valence-corrected chi connectivity index (χ4v) is 2.62. The number of carbonyl (C=O) groups excluding carboxylic acids is 1. The minimum absolute atomic E-state index is 0.0346. The van der Waals surface area contributed by atoms with Gasteiger partial charge in [0.2, 0.25) is 5.24 Å². The van der Waals surface area contributed by atoms with Gasteiger partial charge in [-0.25, -0.2) is 0 Å². The van der Waals surface area contributed by atoms with Crippen LogP contribution in [0.1, 0.15) is 38.5 Å². The first-order valence-corrected chi connectivity index (χ1v) is 6.16. The van der Waals surface area contributed by atoms with Gasteiger partial charge in [0.1, 0.15) is 0 Å². The fraction of sp³-hybridized carbons (Fsp3) is 0.889. The molecule has 0 N–H and O–H groups in total. The van der Waals surface area contributed by atoms with Crippen LogP contribution < -0.4 is 0 Å². The van der Waals surface area contributed by atoms with E-state index in [0.29, 0.717) is 0 Å². The van der Waals surface area contributed by atoms with Crippen LogP contribution in [-0.2, 0) is 4.79 Å².